The van der Waals surface area contributed by atoms with Crippen LogP contribution in [0.2, 0.25) is 0 Å². The second-order valence-corrected chi connectivity index (χ2v) is 8.14. The summed E-state index contributed by atoms with van der Waals surface area (Å²) in [7, 11) is 1.72. The molecule has 29 heavy (non-hydrogen) atoms. The summed E-state index contributed by atoms with van der Waals surface area (Å²) in [6, 6.07) is 11.9. The van der Waals surface area contributed by atoms with Crippen LogP contribution < -0.4 is 24.7 Å². The fraction of sp³-hybridized carbons (Fsp3) is 0.190. The summed E-state index contributed by atoms with van der Waals surface area (Å²) in [5.74, 6) is -0.495. The first-order valence-electron chi connectivity index (χ1n) is 9.12. The lowest BCUT2D eigenvalue weighted by molar-refractivity contribution is -0.112. The van der Waals surface area contributed by atoms with Crippen LogP contribution in [0.15, 0.2) is 52.3 Å². The number of anilines is 2. The van der Waals surface area contributed by atoms with Gasteiger partial charge >= 0.3 is 0 Å². The summed E-state index contributed by atoms with van der Waals surface area (Å²) in [5, 5.41) is 0. The first-order chi connectivity index (χ1) is 13.9. The molecule has 0 unspecified atom stereocenters. The number of benzene rings is 2. The molecule has 2 aromatic carbocycles. The molecule has 0 saturated heterocycles. The van der Waals surface area contributed by atoms with Crippen molar-refractivity contribution in [3.8, 4) is 0 Å². The van der Waals surface area contributed by atoms with E-state index >= 15 is 0 Å². The number of aromatic nitrogens is 1. The Balaban J connectivity index is 1.67. The summed E-state index contributed by atoms with van der Waals surface area (Å²) in [4.78, 5) is 34.7. The fourth-order valence-corrected chi connectivity index (χ4v) is 4.78. The lowest BCUT2D eigenvalue weighted by Gasteiger charge is -2.25. The molecule has 0 aliphatic carbocycles. The van der Waals surface area contributed by atoms with Crippen molar-refractivity contribution in [1.82, 2.24) is 4.57 Å². The standard InChI is InChI=1S/C21H17FN4O2S/c1-12-3-8-16-15(9-12)17(19(27)24(16)2)18-20(28)26-11-25(10-23-21(26)29-18)14-6-4-13(22)5-7-14/h3-9H,10-11H2,1-2H3/b18-17+. The van der Waals surface area contributed by atoms with Crippen molar-refractivity contribution in [2.45, 2.75) is 13.6 Å². The zero-order valence-electron chi connectivity index (χ0n) is 15.8. The quantitative estimate of drug-likeness (QED) is 0.615. The molecular formula is C21H17FN4O2S. The van der Waals surface area contributed by atoms with Crippen LogP contribution in [-0.2, 0) is 11.5 Å². The number of thiazole rings is 1. The molecule has 2 aliphatic heterocycles. The molecule has 2 aliphatic rings. The van der Waals surface area contributed by atoms with Gasteiger partial charge in [-0.1, -0.05) is 23.0 Å². The molecule has 0 N–H and O–H groups in total. The third-order valence-electron chi connectivity index (χ3n) is 5.27. The maximum atomic E-state index is 13.2. The number of likely N-dealkylation sites (N-methyl/N-ethyl adjacent to an activating group) is 1. The van der Waals surface area contributed by atoms with E-state index in [4.69, 9.17) is 0 Å². The highest BCUT2D eigenvalue weighted by atomic mass is 32.1. The zero-order chi connectivity index (χ0) is 20.3. The Labute approximate surface area is 169 Å². The molecule has 0 atom stereocenters. The van der Waals surface area contributed by atoms with E-state index in [0.717, 1.165) is 22.5 Å². The van der Waals surface area contributed by atoms with Gasteiger partial charge in [0.25, 0.3) is 11.5 Å². The Morgan fingerprint density at radius 3 is 2.62 bits per heavy atom. The van der Waals surface area contributed by atoms with Gasteiger partial charge in [0.2, 0.25) is 0 Å². The van der Waals surface area contributed by atoms with E-state index in [1.54, 1.807) is 28.6 Å². The summed E-state index contributed by atoms with van der Waals surface area (Å²) >= 11 is 1.25. The van der Waals surface area contributed by atoms with Crippen molar-refractivity contribution in [1.29, 1.82) is 0 Å². The number of halogens is 1. The molecule has 0 radical (unpaired) electrons. The van der Waals surface area contributed by atoms with Gasteiger partial charge in [0, 0.05) is 18.3 Å². The topological polar surface area (TPSA) is 57.9 Å². The molecule has 0 fully saturated rings. The predicted molar refractivity (Wildman–Crippen MR) is 110 cm³/mol. The Morgan fingerprint density at radius 2 is 1.86 bits per heavy atom. The summed E-state index contributed by atoms with van der Waals surface area (Å²) in [5.41, 5.74) is 3.60. The number of fused-ring (bicyclic) bond motifs is 2. The molecule has 1 aromatic heterocycles. The van der Waals surface area contributed by atoms with Crippen LogP contribution in [-0.4, -0.2) is 24.2 Å². The number of hydrogen-bond acceptors (Lipinski definition) is 5. The Morgan fingerprint density at radius 1 is 1.10 bits per heavy atom. The first kappa shape index (κ1) is 17.8. The van der Waals surface area contributed by atoms with E-state index in [1.807, 2.05) is 30.0 Å². The third-order valence-corrected chi connectivity index (χ3v) is 6.39. The van der Waals surface area contributed by atoms with Gasteiger partial charge < -0.3 is 9.80 Å². The average Bonchev–Trinajstić information content (AvgIpc) is 3.16. The number of hydrogen-bond donors (Lipinski definition) is 0. The van der Waals surface area contributed by atoms with E-state index in [9.17, 15) is 14.0 Å². The van der Waals surface area contributed by atoms with E-state index in [-0.39, 0.29) is 17.3 Å². The van der Waals surface area contributed by atoms with Crippen LogP contribution in [0.1, 0.15) is 11.1 Å². The van der Waals surface area contributed by atoms with Gasteiger partial charge in [-0.2, -0.15) is 0 Å². The maximum Gasteiger partial charge on any atom is 0.272 e. The van der Waals surface area contributed by atoms with E-state index in [2.05, 4.69) is 4.99 Å². The minimum atomic E-state index is -0.312. The smallest absolute Gasteiger partial charge is 0.272 e. The van der Waals surface area contributed by atoms with Crippen LogP contribution in [0.25, 0.3) is 5.57 Å². The van der Waals surface area contributed by atoms with Crippen molar-refractivity contribution >= 4 is 34.2 Å². The third kappa shape index (κ3) is 2.71. The number of nitrogens with zero attached hydrogens (tertiary/aromatic N) is 4. The average molecular weight is 408 g/mol. The van der Waals surface area contributed by atoms with Crippen molar-refractivity contribution in [3.05, 3.63) is 79.1 Å². The summed E-state index contributed by atoms with van der Waals surface area (Å²) < 4.78 is 15.2. The first-order valence-corrected chi connectivity index (χ1v) is 9.94. The highest BCUT2D eigenvalue weighted by Gasteiger charge is 2.32. The fourth-order valence-electron chi connectivity index (χ4n) is 3.73. The Kier molecular flexibility index (Phi) is 3.92. The SMILES string of the molecule is Cc1ccc2c(c1)/C(=c1\sc3n(c1=O)CN(c1ccc(F)cc1)CN=3)C(=O)N2C. The van der Waals surface area contributed by atoms with Crippen LogP contribution in [0.5, 0.6) is 0 Å². The molecule has 3 aromatic rings. The predicted octanol–water partition coefficient (Wildman–Crippen LogP) is 1.59. The van der Waals surface area contributed by atoms with Gasteiger partial charge in [0.1, 0.15) is 23.7 Å². The maximum absolute atomic E-state index is 13.2. The Bertz CT molecular complexity index is 1340. The molecule has 5 rings (SSSR count). The van der Waals surface area contributed by atoms with E-state index < -0.39 is 0 Å². The molecular weight excluding hydrogens is 391 g/mol. The molecule has 6 nitrogen and oxygen atoms in total. The van der Waals surface area contributed by atoms with Gasteiger partial charge in [-0.15, -0.1) is 0 Å². The number of aryl methyl sites for hydroxylation is 1. The van der Waals surface area contributed by atoms with E-state index in [1.165, 1.54) is 23.5 Å². The monoisotopic (exact) mass is 408 g/mol. The lowest BCUT2D eigenvalue weighted by atomic mass is 10.1. The van der Waals surface area contributed by atoms with Crippen molar-refractivity contribution in [3.63, 3.8) is 0 Å². The van der Waals surface area contributed by atoms with Crippen molar-refractivity contribution in [2.24, 2.45) is 4.99 Å². The molecule has 0 saturated carbocycles. The minimum absolute atomic E-state index is 0.183. The Hall–Kier alpha value is -3.26. The van der Waals surface area contributed by atoms with Crippen LogP contribution in [0.3, 0.4) is 0 Å². The molecule has 146 valence electrons. The largest absolute Gasteiger partial charge is 0.334 e. The van der Waals surface area contributed by atoms with Crippen LogP contribution in [0, 0.1) is 12.7 Å². The molecule has 1 amide bonds. The zero-order valence-corrected chi connectivity index (χ0v) is 16.7. The second-order valence-electron chi connectivity index (χ2n) is 7.16. The van der Waals surface area contributed by atoms with Crippen LogP contribution in [0.4, 0.5) is 15.8 Å². The summed E-state index contributed by atoms with van der Waals surface area (Å²) in [6.45, 7) is 2.63. The number of amides is 1. The van der Waals surface area contributed by atoms with Gasteiger partial charge in [-0.05, 0) is 43.3 Å². The molecule has 8 heteroatoms. The lowest BCUT2D eigenvalue weighted by Crippen LogP contribution is -2.43. The highest BCUT2D eigenvalue weighted by molar-refractivity contribution is 7.07. The highest BCUT2D eigenvalue weighted by Crippen LogP contribution is 2.34. The minimum Gasteiger partial charge on any atom is -0.334 e. The van der Waals surface area contributed by atoms with Gasteiger partial charge in [-0.25, -0.2) is 9.38 Å². The van der Waals surface area contributed by atoms with Crippen molar-refractivity contribution < 1.29 is 9.18 Å². The van der Waals surface area contributed by atoms with E-state index in [0.29, 0.717) is 28.2 Å². The van der Waals surface area contributed by atoms with Gasteiger partial charge in [-0.3, -0.25) is 14.2 Å². The molecule has 0 spiro atoms. The normalized spacial score (nSPS) is 17.3. The van der Waals surface area contributed by atoms with Gasteiger partial charge in [0.15, 0.2) is 4.80 Å². The molecule has 0 bridgehead atoms. The van der Waals surface area contributed by atoms with Crippen LogP contribution >= 0.6 is 11.3 Å². The second kappa shape index (κ2) is 6.38. The number of carbonyl (C=O) groups excluding carboxylic acids is 1. The number of carbonyl (C=O) groups is 1. The summed E-state index contributed by atoms with van der Waals surface area (Å²) in [6.07, 6.45) is 0. The molecule has 3 heterocycles. The number of rotatable bonds is 1. The van der Waals surface area contributed by atoms with Gasteiger partial charge in [0.05, 0.1) is 11.3 Å². The van der Waals surface area contributed by atoms with Crippen molar-refractivity contribution in [2.75, 3.05) is 23.5 Å².